The van der Waals surface area contributed by atoms with Gasteiger partial charge in [-0.3, -0.25) is 4.79 Å². The van der Waals surface area contributed by atoms with Crippen LogP contribution in [0.1, 0.15) is 12.0 Å². The second kappa shape index (κ2) is 8.59. The van der Waals surface area contributed by atoms with Crippen LogP contribution in [0.3, 0.4) is 0 Å². The molecule has 9 heteroatoms. The van der Waals surface area contributed by atoms with Crippen LogP contribution >= 0.6 is 0 Å². The quantitative estimate of drug-likeness (QED) is 0.723. The van der Waals surface area contributed by atoms with Crippen LogP contribution in [0.25, 0.3) is 0 Å². The van der Waals surface area contributed by atoms with Gasteiger partial charge in [-0.2, -0.15) is 0 Å². The maximum absolute atomic E-state index is 12.1. The molecule has 28 heavy (non-hydrogen) atoms. The highest BCUT2D eigenvalue weighted by Gasteiger charge is 2.13. The molecule has 3 N–H and O–H groups in total. The van der Waals surface area contributed by atoms with Crippen LogP contribution in [0.5, 0.6) is 11.5 Å². The third-order valence-corrected chi connectivity index (χ3v) is 5.18. The average Bonchev–Trinajstić information content (AvgIpc) is 2.66. The molecule has 3 rings (SSSR count). The zero-order chi connectivity index (χ0) is 20.1. The van der Waals surface area contributed by atoms with E-state index in [0.717, 1.165) is 17.1 Å². The third kappa shape index (κ3) is 5.44. The molecule has 0 fully saturated rings. The highest BCUT2D eigenvalue weighted by atomic mass is 32.2. The normalized spacial score (nSPS) is 13.4. The number of carbonyl (C=O) groups is 1. The molecule has 0 aliphatic carbocycles. The molecule has 0 saturated carbocycles. The molecule has 2 aromatic rings. The maximum Gasteiger partial charge on any atom is 0.238 e. The first-order chi connectivity index (χ1) is 13.3. The van der Waals surface area contributed by atoms with Crippen LogP contribution in [0.15, 0.2) is 47.4 Å². The van der Waals surface area contributed by atoms with E-state index in [-0.39, 0.29) is 10.8 Å². The van der Waals surface area contributed by atoms with E-state index in [1.165, 1.54) is 24.3 Å². The predicted molar refractivity (Wildman–Crippen MR) is 105 cm³/mol. The van der Waals surface area contributed by atoms with Gasteiger partial charge in [0.1, 0.15) is 13.2 Å². The summed E-state index contributed by atoms with van der Waals surface area (Å²) in [6, 6.07) is 11.6. The number of benzene rings is 2. The molecular weight excluding hydrogens is 382 g/mol. The number of amides is 1. The molecule has 0 unspecified atom stereocenters. The molecule has 1 amide bonds. The number of primary sulfonamides is 1. The summed E-state index contributed by atoms with van der Waals surface area (Å²) in [5.41, 5.74) is 1.60. The molecule has 8 nitrogen and oxygen atoms in total. The molecule has 0 saturated heterocycles. The fraction of sp³-hybridized carbons (Fsp3) is 0.316. The molecule has 1 aliphatic rings. The fourth-order valence-corrected chi connectivity index (χ4v) is 3.34. The van der Waals surface area contributed by atoms with Crippen LogP contribution in [-0.4, -0.2) is 46.0 Å². The Balaban J connectivity index is 1.47. The summed E-state index contributed by atoms with van der Waals surface area (Å²) < 4.78 is 33.6. The number of fused-ring (bicyclic) bond motifs is 1. The van der Waals surface area contributed by atoms with Gasteiger partial charge in [-0.25, -0.2) is 13.6 Å². The first-order valence-electron chi connectivity index (χ1n) is 8.81. The third-order valence-electron chi connectivity index (χ3n) is 4.25. The zero-order valence-electron chi connectivity index (χ0n) is 15.6. The van der Waals surface area contributed by atoms with E-state index in [1.807, 2.05) is 30.1 Å². The summed E-state index contributed by atoms with van der Waals surface area (Å²) in [5.74, 6) is 1.35. The van der Waals surface area contributed by atoms with Crippen molar-refractivity contribution in [2.45, 2.75) is 17.9 Å². The summed E-state index contributed by atoms with van der Waals surface area (Å²) in [6.45, 7) is 2.35. The monoisotopic (exact) mass is 405 g/mol. The number of ether oxygens (including phenoxy) is 2. The summed E-state index contributed by atoms with van der Waals surface area (Å²) in [6.07, 6.45) is 0.304. The van der Waals surface area contributed by atoms with E-state index >= 15 is 0 Å². The van der Waals surface area contributed by atoms with Gasteiger partial charge in [0.05, 0.1) is 4.90 Å². The smallest absolute Gasteiger partial charge is 0.238 e. The van der Waals surface area contributed by atoms with Crippen molar-refractivity contribution in [2.75, 3.05) is 32.1 Å². The Morgan fingerprint density at radius 2 is 1.79 bits per heavy atom. The maximum atomic E-state index is 12.1. The Hall–Kier alpha value is -2.62. The van der Waals surface area contributed by atoms with Crippen LogP contribution in [0.4, 0.5) is 5.69 Å². The summed E-state index contributed by atoms with van der Waals surface area (Å²) in [7, 11) is -1.81. The number of anilines is 1. The van der Waals surface area contributed by atoms with Crippen molar-refractivity contribution in [1.29, 1.82) is 0 Å². The van der Waals surface area contributed by atoms with Gasteiger partial charge in [0.15, 0.2) is 11.5 Å². The largest absolute Gasteiger partial charge is 0.486 e. The molecular formula is C19H23N3O5S. The molecule has 0 bridgehead atoms. The number of nitrogens with zero attached hydrogens (tertiary/aromatic N) is 1. The molecule has 2 aromatic carbocycles. The van der Waals surface area contributed by atoms with Crippen molar-refractivity contribution in [2.24, 2.45) is 5.14 Å². The standard InChI is InChI=1S/C19H23N3O5S/c1-22(13-14-2-7-17-18(12-14)27-11-10-26-17)9-8-19(23)21-15-3-5-16(6-4-15)28(20,24)25/h2-7,12H,8-11,13H2,1H3,(H,21,23)(H2,20,24,25). The van der Waals surface area contributed by atoms with E-state index in [9.17, 15) is 13.2 Å². The number of rotatable bonds is 7. The Labute approximate surface area is 164 Å². The Morgan fingerprint density at radius 1 is 1.11 bits per heavy atom. The van der Waals surface area contributed by atoms with Crippen molar-refractivity contribution in [1.82, 2.24) is 4.90 Å². The summed E-state index contributed by atoms with van der Waals surface area (Å²) in [4.78, 5) is 14.2. The molecule has 0 aromatic heterocycles. The molecule has 1 heterocycles. The highest BCUT2D eigenvalue weighted by molar-refractivity contribution is 7.89. The van der Waals surface area contributed by atoms with Gasteiger partial charge < -0.3 is 19.7 Å². The van der Waals surface area contributed by atoms with Crippen molar-refractivity contribution < 1.29 is 22.7 Å². The van der Waals surface area contributed by atoms with Crippen LogP contribution in [-0.2, 0) is 21.4 Å². The molecule has 0 radical (unpaired) electrons. The number of sulfonamides is 1. The molecule has 0 atom stereocenters. The summed E-state index contributed by atoms with van der Waals surface area (Å²) in [5, 5.41) is 7.80. The predicted octanol–water partition coefficient (Wildman–Crippen LogP) is 1.57. The minimum Gasteiger partial charge on any atom is -0.486 e. The second-order valence-electron chi connectivity index (χ2n) is 6.58. The number of hydrogen-bond donors (Lipinski definition) is 2. The summed E-state index contributed by atoms with van der Waals surface area (Å²) >= 11 is 0. The van der Waals surface area contributed by atoms with E-state index < -0.39 is 10.0 Å². The lowest BCUT2D eigenvalue weighted by atomic mass is 10.2. The van der Waals surface area contributed by atoms with E-state index in [4.69, 9.17) is 14.6 Å². The zero-order valence-corrected chi connectivity index (χ0v) is 16.4. The van der Waals surface area contributed by atoms with Gasteiger partial charge in [-0.15, -0.1) is 0 Å². The molecule has 0 spiro atoms. The molecule has 150 valence electrons. The minimum absolute atomic E-state index is 0.00432. The minimum atomic E-state index is -3.74. The topological polar surface area (TPSA) is 111 Å². The van der Waals surface area contributed by atoms with Crippen molar-refractivity contribution >= 4 is 21.6 Å². The van der Waals surface area contributed by atoms with Crippen molar-refractivity contribution in [3.05, 3.63) is 48.0 Å². The van der Waals surface area contributed by atoms with E-state index in [1.54, 1.807) is 0 Å². The number of carbonyl (C=O) groups excluding carboxylic acids is 1. The van der Waals surface area contributed by atoms with E-state index in [0.29, 0.717) is 38.4 Å². The average molecular weight is 405 g/mol. The van der Waals surface area contributed by atoms with Gasteiger partial charge in [0, 0.05) is 25.2 Å². The Bertz CT molecular complexity index is 945. The second-order valence-corrected chi connectivity index (χ2v) is 8.14. The lowest BCUT2D eigenvalue weighted by molar-refractivity contribution is -0.116. The Morgan fingerprint density at radius 3 is 2.46 bits per heavy atom. The van der Waals surface area contributed by atoms with Gasteiger partial charge in [-0.1, -0.05) is 6.07 Å². The van der Waals surface area contributed by atoms with Gasteiger partial charge in [0.2, 0.25) is 15.9 Å². The van der Waals surface area contributed by atoms with Crippen LogP contribution in [0, 0.1) is 0 Å². The van der Waals surface area contributed by atoms with Crippen molar-refractivity contribution in [3.8, 4) is 11.5 Å². The van der Waals surface area contributed by atoms with Gasteiger partial charge in [-0.05, 0) is 49.0 Å². The number of hydrogen-bond acceptors (Lipinski definition) is 6. The number of nitrogens with two attached hydrogens (primary N) is 1. The molecule has 1 aliphatic heterocycles. The SMILES string of the molecule is CN(CCC(=O)Nc1ccc(S(N)(=O)=O)cc1)Cc1ccc2c(c1)OCCO2. The lowest BCUT2D eigenvalue weighted by Gasteiger charge is -2.21. The van der Waals surface area contributed by atoms with Gasteiger partial charge in [0.25, 0.3) is 0 Å². The lowest BCUT2D eigenvalue weighted by Crippen LogP contribution is -2.24. The first-order valence-corrected chi connectivity index (χ1v) is 10.4. The highest BCUT2D eigenvalue weighted by Crippen LogP contribution is 2.31. The van der Waals surface area contributed by atoms with E-state index in [2.05, 4.69) is 5.32 Å². The fourth-order valence-electron chi connectivity index (χ4n) is 2.82. The number of nitrogens with one attached hydrogen (secondary N) is 1. The first kappa shape index (κ1) is 20.1. The van der Waals surface area contributed by atoms with Crippen LogP contribution < -0.4 is 19.9 Å². The van der Waals surface area contributed by atoms with Gasteiger partial charge >= 0.3 is 0 Å². The Kier molecular flexibility index (Phi) is 6.18. The van der Waals surface area contributed by atoms with Crippen LogP contribution in [0.2, 0.25) is 0 Å². The van der Waals surface area contributed by atoms with Crippen molar-refractivity contribution in [3.63, 3.8) is 0 Å².